The molecule has 0 aliphatic heterocycles. The first-order chi connectivity index (χ1) is 8.65. The zero-order valence-corrected chi connectivity index (χ0v) is 11.9. The van der Waals surface area contributed by atoms with E-state index in [-0.39, 0.29) is 0 Å². The lowest BCUT2D eigenvalue weighted by Crippen LogP contribution is -2.09. The minimum absolute atomic E-state index is 0.339. The lowest BCUT2D eigenvalue weighted by atomic mass is 10.2. The predicted octanol–water partition coefficient (Wildman–Crippen LogP) is 2.36. The number of methoxy groups -OCH3 is 1. The maximum Gasteiger partial charge on any atom is 0.351 e. The molecule has 0 aliphatic carbocycles. The Morgan fingerprint density at radius 1 is 1.44 bits per heavy atom. The van der Waals surface area contributed by atoms with Crippen LogP contribution in [0.4, 0.5) is 0 Å². The van der Waals surface area contributed by atoms with Crippen molar-refractivity contribution in [3.63, 3.8) is 0 Å². The zero-order valence-electron chi connectivity index (χ0n) is 10.3. The van der Waals surface area contributed by atoms with E-state index in [9.17, 15) is 4.79 Å². The van der Waals surface area contributed by atoms with Gasteiger partial charge in [0.15, 0.2) is 0 Å². The molecule has 0 atom stereocenters. The molecule has 0 radical (unpaired) electrons. The van der Waals surface area contributed by atoms with Crippen molar-refractivity contribution in [1.82, 2.24) is 4.03 Å². The largest absolute Gasteiger partial charge is 0.497 e. The number of rotatable bonds is 6. The third kappa shape index (κ3) is 5.18. The minimum Gasteiger partial charge on any atom is -0.497 e. The van der Waals surface area contributed by atoms with Gasteiger partial charge in [-0.2, -0.15) is 5.10 Å². The molecule has 0 spiro atoms. The molecule has 0 aromatic heterocycles. The normalized spacial score (nSPS) is 10.4. The average Bonchev–Trinajstić information content (AvgIpc) is 2.38. The van der Waals surface area contributed by atoms with Crippen molar-refractivity contribution in [1.29, 1.82) is 0 Å². The molecule has 1 rings (SSSR count). The molecule has 0 N–H and O–H groups in total. The highest BCUT2D eigenvalue weighted by atomic mass is 79.9. The Bertz CT molecular complexity index is 406. The molecule has 0 heterocycles. The van der Waals surface area contributed by atoms with Crippen LogP contribution in [0.15, 0.2) is 29.4 Å². The van der Waals surface area contributed by atoms with Crippen LogP contribution in [0.3, 0.4) is 0 Å². The molecule has 5 nitrogen and oxygen atoms in total. The number of hydrazone groups is 1. The molecule has 0 saturated heterocycles. The van der Waals surface area contributed by atoms with Crippen molar-refractivity contribution >= 4 is 28.3 Å². The van der Waals surface area contributed by atoms with Gasteiger partial charge >= 0.3 is 5.97 Å². The Balaban J connectivity index is 2.48. The van der Waals surface area contributed by atoms with Crippen molar-refractivity contribution < 1.29 is 14.3 Å². The van der Waals surface area contributed by atoms with Gasteiger partial charge < -0.3 is 9.47 Å². The third-order valence-corrected chi connectivity index (χ3v) is 2.48. The molecule has 0 unspecified atom stereocenters. The van der Waals surface area contributed by atoms with Gasteiger partial charge in [0, 0.05) is 0 Å². The van der Waals surface area contributed by atoms with Gasteiger partial charge in [-0.15, -0.1) is 0 Å². The van der Waals surface area contributed by atoms with Crippen molar-refractivity contribution in [2.45, 2.75) is 13.5 Å². The Morgan fingerprint density at radius 2 is 2.11 bits per heavy atom. The van der Waals surface area contributed by atoms with Gasteiger partial charge in [0.25, 0.3) is 0 Å². The highest BCUT2D eigenvalue weighted by Crippen LogP contribution is 2.14. The second-order valence-corrected chi connectivity index (χ2v) is 4.16. The Hall–Kier alpha value is -1.56. The van der Waals surface area contributed by atoms with Crippen LogP contribution in [0.2, 0.25) is 0 Å². The Labute approximate surface area is 115 Å². The Kier molecular flexibility index (Phi) is 6.21. The highest BCUT2D eigenvalue weighted by Gasteiger charge is 2.01. The molecule has 1 aromatic rings. The minimum atomic E-state index is -0.461. The van der Waals surface area contributed by atoms with Crippen molar-refractivity contribution in [3.8, 4) is 5.75 Å². The first-order valence-corrected chi connectivity index (χ1v) is 6.13. The van der Waals surface area contributed by atoms with Crippen molar-refractivity contribution in [2.75, 3.05) is 13.7 Å². The van der Waals surface area contributed by atoms with Gasteiger partial charge in [-0.25, -0.2) is 8.83 Å². The summed E-state index contributed by atoms with van der Waals surface area (Å²) in [5.74, 6) is 0.339. The van der Waals surface area contributed by atoms with Crippen LogP contribution in [0.5, 0.6) is 5.75 Å². The predicted molar refractivity (Wildman–Crippen MR) is 72.6 cm³/mol. The number of carbonyl (C=O) groups excluding carboxylic acids is 1. The molecule has 0 fully saturated rings. The van der Waals surface area contributed by atoms with E-state index in [1.165, 1.54) is 4.03 Å². The van der Waals surface area contributed by atoms with E-state index in [0.717, 1.165) is 17.5 Å². The fraction of sp³-hybridized carbons (Fsp3) is 0.333. The van der Waals surface area contributed by atoms with Gasteiger partial charge in [-0.1, -0.05) is 12.1 Å². The van der Waals surface area contributed by atoms with E-state index < -0.39 is 5.97 Å². The van der Waals surface area contributed by atoms with Crippen LogP contribution in [0, 0.1) is 0 Å². The lowest BCUT2D eigenvalue weighted by molar-refractivity contribution is -0.134. The van der Waals surface area contributed by atoms with Crippen LogP contribution in [-0.4, -0.2) is 29.9 Å². The molecule has 1 aromatic carbocycles. The van der Waals surface area contributed by atoms with Crippen LogP contribution in [0.1, 0.15) is 12.5 Å². The molecule has 18 heavy (non-hydrogen) atoms. The number of nitrogens with zero attached hydrogens (tertiary/aromatic N) is 2. The van der Waals surface area contributed by atoms with Gasteiger partial charge in [-0.3, -0.25) is 0 Å². The number of hydrogen-bond donors (Lipinski definition) is 0. The van der Waals surface area contributed by atoms with Gasteiger partial charge in [0.05, 0.1) is 36.4 Å². The van der Waals surface area contributed by atoms with E-state index in [0.29, 0.717) is 13.2 Å². The zero-order chi connectivity index (χ0) is 13.4. The molecular formula is C12H15BrN2O3. The first-order valence-electron chi connectivity index (χ1n) is 5.42. The third-order valence-electron chi connectivity index (χ3n) is 2.05. The van der Waals surface area contributed by atoms with Crippen molar-refractivity contribution in [2.24, 2.45) is 5.10 Å². The highest BCUT2D eigenvalue weighted by molar-refractivity contribution is 9.07. The summed E-state index contributed by atoms with van der Waals surface area (Å²) in [6.45, 7) is 2.61. The lowest BCUT2D eigenvalue weighted by Gasteiger charge is -2.10. The van der Waals surface area contributed by atoms with E-state index in [2.05, 4.69) is 21.2 Å². The number of esters is 1. The number of hydrogen-bond acceptors (Lipinski definition) is 5. The summed E-state index contributed by atoms with van der Waals surface area (Å²) in [5, 5.41) is 3.90. The second-order valence-electron chi connectivity index (χ2n) is 3.34. The van der Waals surface area contributed by atoms with E-state index >= 15 is 0 Å². The molecular weight excluding hydrogens is 300 g/mol. The van der Waals surface area contributed by atoms with Gasteiger partial charge in [0.1, 0.15) is 12.0 Å². The summed E-state index contributed by atoms with van der Waals surface area (Å²) in [7, 11) is 1.62. The van der Waals surface area contributed by atoms with Crippen LogP contribution in [-0.2, 0) is 16.1 Å². The standard InChI is InChI=1S/C12H15BrN2O3/c1-3-18-12(16)8-14-15(13)9-10-4-6-11(17-2)7-5-10/h4-8H,3,9H2,1-2H3/b14-8-. The summed E-state index contributed by atoms with van der Waals surface area (Å²) in [4.78, 5) is 11.0. The second kappa shape index (κ2) is 7.71. The fourth-order valence-corrected chi connectivity index (χ4v) is 1.59. The van der Waals surface area contributed by atoms with Crippen LogP contribution < -0.4 is 4.74 Å². The molecule has 98 valence electrons. The molecule has 0 saturated carbocycles. The van der Waals surface area contributed by atoms with Crippen LogP contribution >= 0.6 is 16.1 Å². The number of benzene rings is 1. The molecule has 0 aliphatic rings. The van der Waals surface area contributed by atoms with Gasteiger partial charge in [0.2, 0.25) is 0 Å². The topological polar surface area (TPSA) is 51.1 Å². The SMILES string of the molecule is CCOC(=O)/C=N\N(Br)Cc1ccc(OC)cc1. The quantitative estimate of drug-likeness (QED) is 0.350. The Morgan fingerprint density at radius 3 is 2.67 bits per heavy atom. The average molecular weight is 315 g/mol. The van der Waals surface area contributed by atoms with Crippen LogP contribution in [0.25, 0.3) is 0 Å². The van der Waals surface area contributed by atoms with E-state index in [1.807, 2.05) is 24.3 Å². The van der Waals surface area contributed by atoms with E-state index in [4.69, 9.17) is 9.47 Å². The molecule has 0 amide bonds. The fourth-order valence-electron chi connectivity index (χ4n) is 1.21. The number of ether oxygens (including phenoxy) is 2. The summed E-state index contributed by atoms with van der Waals surface area (Å²) >= 11 is 3.23. The summed E-state index contributed by atoms with van der Waals surface area (Å²) < 4.78 is 11.3. The monoisotopic (exact) mass is 314 g/mol. The smallest absolute Gasteiger partial charge is 0.351 e. The maximum absolute atomic E-state index is 11.0. The maximum atomic E-state index is 11.0. The number of carbonyl (C=O) groups is 1. The van der Waals surface area contributed by atoms with E-state index in [1.54, 1.807) is 14.0 Å². The van der Waals surface area contributed by atoms with Crippen molar-refractivity contribution in [3.05, 3.63) is 29.8 Å². The van der Waals surface area contributed by atoms with Gasteiger partial charge in [-0.05, 0) is 24.6 Å². The molecule has 0 bridgehead atoms. The number of halogens is 1. The molecule has 6 heteroatoms. The summed E-state index contributed by atoms with van der Waals surface area (Å²) in [6, 6.07) is 7.58. The summed E-state index contributed by atoms with van der Waals surface area (Å²) in [5.41, 5.74) is 1.04. The first kappa shape index (κ1) is 14.5. The summed E-state index contributed by atoms with van der Waals surface area (Å²) in [6.07, 6.45) is 1.13.